The summed E-state index contributed by atoms with van der Waals surface area (Å²) in [6, 6.07) is 4.45. The number of rotatable bonds is 3. The molecule has 0 aliphatic rings. The van der Waals surface area contributed by atoms with E-state index in [2.05, 4.69) is 0 Å². The molecule has 0 unspecified atom stereocenters. The highest BCUT2D eigenvalue weighted by atomic mass is 19.4. The standard InChI is InChI=1S/C12H15F3N2O/c1-3-17(7-12(13,14)15)11(18)9-4-5-10(16)8(2)6-9/h4-6H,3,7,16H2,1-2H3. The molecule has 1 rings (SSSR count). The minimum absolute atomic E-state index is 0.00175. The smallest absolute Gasteiger partial charge is 0.399 e. The van der Waals surface area contributed by atoms with Gasteiger partial charge in [0.2, 0.25) is 0 Å². The summed E-state index contributed by atoms with van der Waals surface area (Å²) in [5.74, 6) is -0.641. The zero-order valence-electron chi connectivity index (χ0n) is 10.2. The van der Waals surface area contributed by atoms with Gasteiger partial charge in [0, 0.05) is 17.8 Å². The van der Waals surface area contributed by atoms with Gasteiger partial charge >= 0.3 is 6.18 Å². The molecule has 0 saturated heterocycles. The molecule has 3 nitrogen and oxygen atoms in total. The molecule has 18 heavy (non-hydrogen) atoms. The van der Waals surface area contributed by atoms with Gasteiger partial charge in [-0.05, 0) is 37.6 Å². The van der Waals surface area contributed by atoms with E-state index in [9.17, 15) is 18.0 Å². The Morgan fingerprint density at radius 1 is 1.39 bits per heavy atom. The van der Waals surface area contributed by atoms with Crippen LogP contribution in [-0.2, 0) is 0 Å². The maximum Gasteiger partial charge on any atom is 0.406 e. The van der Waals surface area contributed by atoms with Gasteiger partial charge < -0.3 is 10.6 Å². The SMILES string of the molecule is CCN(CC(F)(F)F)C(=O)c1ccc(N)c(C)c1. The third-order valence-electron chi connectivity index (χ3n) is 2.56. The fourth-order valence-corrected chi connectivity index (χ4v) is 1.53. The number of anilines is 1. The zero-order chi connectivity index (χ0) is 13.9. The lowest BCUT2D eigenvalue weighted by Gasteiger charge is -2.22. The Kier molecular flexibility index (Phi) is 4.21. The topological polar surface area (TPSA) is 46.3 Å². The number of benzene rings is 1. The molecule has 0 radical (unpaired) electrons. The molecule has 0 bridgehead atoms. The molecule has 0 spiro atoms. The van der Waals surface area contributed by atoms with Crippen molar-refractivity contribution in [3.63, 3.8) is 0 Å². The Morgan fingerprint density at radius 3 is 2.44 bits per heavy atom. The minimum Gasteiger partial charge on any atom is -0.399 e. The first-order valence-electron chi connectivity index (χ1n) is 5.46. The summed E-state index contributed by atoms with van der Waals surface area (Å²) in [5, 5.41) is 0. The van der Waals surface area contributed by atoms with Crippen LogP contribution in [0.2, 0.25) is 0 Å². The van der Waals surface area contributed by atoms with Crippen molar-refractivity contribution in [3.8, 4) is 0 Å². The van der Waals surface area contributed by atoms with Crippen molar-refractivity contribution in [1.82, 2.24) is 4.90 Å². The summed E-state index contributed by atoms with van der Waals surface area (Å²) in [7, 11) is 0. The van der Waals surface area contributed by atoms with E-state index >= 15 is 0 Å². The van der Waals surface area contributed by atoms with E-state index in [0.717, 1.165) is 4.90 Å². The van der Waals surface area contributed by atoms with E-state index in [4.69, 9.17) is 5.73 Å². The maximum absolute atomic E-state index is 12.3. The van der Waals surface area contributed by atoms with Crippen LogP contribution in [-0.4, -0.2) is 30.1 Å². The molecule has 100 valence electrons. The van der Waals surface area contributed by atoms with Crippen molar-refractivity contribution in [1.29, 1.82) is 0 Å². The Labute approximate surface area is 103 Å². The highest BCUT2D eigenvalue weighted by Crippen LogP contribution is 2.19. The molecule has 6 heteroatoms. The van der Waals surface area contributed by atoms with E-state index < -0.39 is 18.6 Å². The lowest BCUT2D eigenvalue weighted by atomic mass is 10.1. The lowest BCUT2D eigenvalue weighted by Crippen LogP contribution is -2.38. The molecule has 1 aromatic rings. The minimum atomic E-state index is -4.39. The van der Waals surface area contributed by atoms with Crippen molar-refractivity contribution in [3.05, 3.63) is 29.3 Å². The van der Waals surface area contributed by atoms with Crippen LogP contribution in [0.1, 0.15) is 22.8 Å². The zero-order valence-corrected chi connectivity index (χ0v) is 10.2. The van der Waals surface area contributed by atoms with Crippen LogP contribution in [0, 0.1) is 6.92 Å². The number of amides is 1. The summed E-state index contributed by atoms with van der Waals surface area (Å²) in [5.41, 5.74) is 6.99. The molecular weight excluding hydrogens is 245 g/mol. The molecule has 1 amide bonds. The van der Waals surface area contributed by atoms with Gasteiger partial charge in [0.05, 0.1) is 0 Å². The molecule has 0 aliphatic heterocycles. The molecule has 0 aromatic heterocycles. The number of hydrogen-bond donors (Lipinski definition) is 1. The van der Waals surface area contributed by atoms with Gasteiger partial charge in [-0.15, -0.1) is 0 Å². The number of nitrogens with two attached hydrogens (primary N) is 1. The maximum atomic E-state index is 12.3. The highest BCUT2D eigenvalue weighted by Gasteiger charge is 2.32. The normalized spacial score (nSPS) is 11.4. The first-order chi connectivity index (χ1) is 8.24. The first-order valence-corrected chi connectivity index (χ1v) is 5.46. The number of carbonyl (C=O) groups is 1. The molecular formula is C12H15F3N2O. The van der Waals surface area contributed by atoms with Crippen molar-refractivity contribution < 1.29 is 18.0 Å². The Bertz CT molecular complexity index is 443. The number of carbonyl (C=O) groups excluding carboxylic acids is 1. The predicted octanol–water partition coefficient (Wildman–Crippen LogP) is 2.60. The van der Waals surface area contributed by atoms with Gasteiger partial charge in [-0.2, -0.15) is 13.2 Å². The second-order valence-corrected chi connectivity index (χ2v) is 4.01. The molecule has 0 heterocycles. The van der Waals surface area contributed by atoms with E-state index in [1.54, 1.807) is 6.92 Å². The monoisotopic (exact) mass is 260 g/mol. The van der Waals surface area contributed by atoms with Crippen molar-refractivity contribution in [2.45, 2.75) is 20.0 Å². The quantitative estimate of drug-likeness (QED) is 0.849. The van der Waals surface area contributed by atoms with E-state index in [0.29, 0.717) is 11.3 Å². The molecule has 0 saturated carbocycles. The van der Waals surface area contributed by atoms with Gasteiger partial charge in [0.15, 0.2) is 0 Å². The van der Waals surface area contributed by atoms with Gasteiger partial charge in [-0.1, -0.05) is 0 Å². The molecule has 0 fully saturated rings. The van der Waals surface area contributed by atoms with Gasteiger partial charge in [-0.3, -0.25) is 4.79 Å². The van der Waals surface area contributed by atoms with Gasteiger partial charge in [0.25, 0.3) is 5.91 Å². The second-order valence-electron chi connectivity index (χ2n) is 4.01. The number of alkyl halides is 3. The van der Waals surface area contributed by atoms with Crippen LogP contribution >= 0.6 is 0 Å². The number of aryl methyl sites for hydroxylation is 1. The van der Waals surface area contributed by atoms with Crippen LogP contribution in [0.3, 0.4) is 0 Å². The van der Waals surface area contributed by atoms with Gasteiger partial charge in [-0.25, -0.2) is 0 Å². The summed E-state index contributed by atoms with van der Waals surface area (Å²) < 4.78 is 36.9. The summed E-state index contributed by atoms with van der Waals surface area (Å²) >= 11 is 0. The number of nitrogens with zero attached hydrogens (tertiary/aromatic N) is 1. The van der Waals surface area contributed by atoms with E-state index in [-0.39, 0.29) is 12.1 Å². The average Bonchev–Trinajstić information content (AvgIpc) is 2.27. The first kappa shape index (κ1) is 14.3. The van der Waals surface area contributed by atoms with Crippen molar-refractivity contribution in [2.75, 3.05) is 18.8 Å². The van der Waals surface area contributed by atoms with Crippen molar-refractivity contribution in [2.24, 2.45) is 0 Å². The molecule has 0 aliphatic carbocycles. The summed E-state index contributed by atoms with van der Waals surface area (Å²) in [6.07, 6.45) is -4.39. The van der Waals surface area contributed by atoms with Gasteiger partial charge in [0.1, 0.15) is 6.54 Å². The van der Waals surface area contributed by atoms with Crippen molar-refractivity contribution >= 4 is 11.6 Å². The van der Waals surface area contributed by atoms with Crippen LogP contribution < -0.4 is 5.73 Å². The average molecular weight is 260 g/mol. The fourth-order valence-electron chi connectivity index (χ4n) is 1.53. The predicted molar refractivity (Wildman–Crippen MR) is 63.2 cm³/mol. The van der Waals surface area contributed by atoms with Crippen LogP contribution in [0.25, 0.3) is 0 Å². The Hall–Kier alpha value is -1.72. The van der Waals surface area contributed by atoms with E-state index in [1.807, 2.05) is 0 Å². The third-order valence-corrected chi connectivity index (χ3v) is 2.56. The summed E-state index contributed by atoms with van der Waals surface area (Å²) in [6.45, 7) is 1.97. The van der Waals surface area contributed by atoms with Crippen LogP contribution in [0.15, 0.2) is 18.2 Å². The number of nitrogen functional groups attached to an aromatic ring is 1. The second kappa shape index (κ2) is 5.29. The summed E-state index contributed by atoms with van der Waals surface area (Å²) in [4.78, 5) is 12.7. The Balaban J connectivity index is 2.93. The van der Waals surface area contributed by atoms with Crippen LogP contribution in [0.4, 0.5) is 18.9 Å². The van der Waals surface area contributed by atoms with E-state index in [1.165, 1.54) is 25.1 Å². The number of hydrogen-bond acceptors (Lipinski definition) is 2. The molecule has 0 atom stereocenters. The number of halogens is 3. The lowest BCUT2D eigenvalue weighted by molar-refractivity contribution is -0.140. The largest absolute Gasteiger partial charge is 0.406 e. The highest BCUT2D eigenvalue weighted by molar-refractivity contribution is 5.94. The van der Waals surface area contributed by atoms with Crippen LogP contribution in [0.5, 0.6) is 0 Å². The Morgan fingerprint density at radius 2 is 2.00 bits per heavy atom. The molecule has 1 aromatic carbocycles. The fraction of sp³-hybridized carbons (Fsp3) is 0.417. The third kappa shape index (κ3) is 3.65. The molecule has 2 N–H and O–H groups in total.